The van der Waals surface area contributed by atoms with E-state index in [4.69, 9.17) is 9.47 Å². The lowest BCUT2D eigenvalue weighted by molar-refractivity contribution is -0.138. The van der Waals surface area contributed by atoms with E-state index in [-0.39, 0.29) is 5.91 Å². The average Bonchev–Trinajstić information content (AvgIpc) is 3.49. The van der Waals surface area contributed by atoms with Gasteiger partial charge in [-0.15, -0.1) is 0 Å². The molecule has 144 valence electrons. The zero-order valence-electron chi connectivity index (χ0n) is 16.3. The third-order valence-electron chi connectivity index (χ3n) is 5.90. The van der Waals surface area contributed by atoms with Crippen LogP contribution in [0, 0.1) is 11.8 Å². The number of benzene rings is 1. The second kappa shape index (κ2) is 8.40. The topological polar surface area (TPSA) is 50.8 Å². The Morgan fingerprint density at radius 2 is 1.85 bits per heavy atom. The van der Waals surface area contributed by atoms with Gasteiger partial charge in [0.1, 0.15) is 18.0 Å². The third kappa shape index (κ3) is 4.77. The highest BCUT2D eigenvalue weighted by Gasteiger charge is 2.47. The lowest BCUT2D eigenvalue weighted by Gasteiger charge is -2.29. The molecule has 5 heteroatoms. The first-order valence-electron chi connectivity index (χ1n) is 9.83. The van der Waals surface area contributed by atoms with Crippen LogP contribution in [0.4, 0.5) is 5.69 Å². The molecule has 1 heterocycles. The zero-order chi connectivity index (χ0) is 18.6. The van der Waals surface area contributed by atoms with E-state index in [1.165, 1.54) is 25.9 Å². The zero-order valence-corrected chi connectivity index (χ0v) is 16.3. The molecule has 3 rings (SSSR count). The Bertz CT molecular complexity index is 592. The second-order valence-electron chi connectivity index (χ2n) is 7.94. The molecular weight excluding hydrogens is 328 g/mol. The Kier molecular flexibility index (Phi) is 6.20. The molecule has 1 saturated heterocycles. The van der Waals surface area contributed by atoms with E-state index < -0.39 is 5.60 Å². The van der Waals surface area contributed by atoms with Gasteiger partial charge in [0.2, 0.25) is 0 Å². The van der Waals surface area contributed by atoms with Crippen molar-refractivity contribution >= 4 is 11.6 Å². The molecule has 0 unspecified atom stereocenters. The summed E-state index contributed by atoms with van der Waals surface area (Å²) in [7, 11) is 1.61. The Hall–Kier alpha value is -1.59. The number of likely N-dealkylation sites (tertiary alicyclic amines) is 1. The van der Waals surface area contributed by atoms with Crippen LogP contribution in [-0.4, -0.2) is 49.8 Å². The lowest BCUT2D eigenvalue weighted by atomic mass is 9.99. The van der Waals surface area contributed by atoms with Crippen LogP contribution in [0.2, 0.25) is 0 Å². The van der Waals surface area contributed by atoms with Crippen LogP contribution < -0.4 is 10.1 Å². The van der Waals surface area contributed by atoms with Crippen molar-refractivity contribution in [2.75, 3.05) is 38.7 Å². The fraction of sp³-hybridized carbons (Fsp3) is 0.667. The molecule has 1 atom stereocenters. The number of nitrogens with one attached hydrogen (secondary N) is 1. The molecule has 5 nitrogen and oxygen atoms in total. The van der Waals surface area contributed by atoms with E-state index in [0.717, 1.165) is 36.7 Å². The smallest absolute Gasteiger partial charge is 0.256 e. The van der Waals surface area contributed by atoms with Crippen LogP contribution in [0.15, 0.2) is 24.3 Å². The summed E-state index contributed by atoms with van der Waals surface area (Å²) >= 11 is 0. The van der Waals surface area contributed by atoms with Crippen molar-refractivity contribution in [1.82, 2.24) is 4.90 Å². The normalized spacial score (nSPS) is 21.2. The van der Waals surface area contributed by atoms with E-state index in [9.17, 15) is 4.79 Å². The molecule has 1 aliphatic carbocycles. The molecule has 1 amide bonds. The molecule has 0 bridgehead atoms. The molecular formula is C21H32N2O3. The Labute approximate surface area is 157 Å². The number of amides is 1. The van der Waals surface area contributed by atoms with Gasteiger partial charge in [0.15, 0.2) is 0 Å². The summed E-state index contributed by atoms with van der Waals surface area (Å²) in [6.45, 7) is 8.22. The predicted molar refractivity (Wildman–Crippen MR) is 104 cm³/mol. The van der Waals surface area contributed by atoms with E-state index >= 15 is 0 Å². The van der Waals surface area contributed by atoms with Crippen LogP contribution in [0.3, 0.4) is 0 Å². The van der Waals surface area contributed by atoms with Crippen LogP contribution in [0.5, 0.6) is 5.75 Å². The van der Waals surface area contributed by atoms with E-state index in [0.29, 0.717) is 12.5 Å². The molecule has 0 radical (unpaired) electrons. The quantitative estimate of drug-likeness (QED) is 0.770. The second-order valence-corrected chi connectivity index (χ2v) is 7.94. The molecule has 0 spiro atoms. The van der Waals surface area contributed by atoms with Crippen molar-refractivity contribution in [3.8, 4) is 5.75 Å². The highest BCUT2D eigenvalue weighted by molar-refractivity contribution is 5.97. The maximum atomic E-state index is 12.5. The Balaban J connectivity index is 1.44. The summed E-state index contributed by atoms with van der Waals surface area (Å²) in [5.74, 6) is 1.95. The van der Waals surface area contributed by atoms with E-state index in [2.05, 4.69) is 17.1 Å². The highest BCUT2D eigenvalue weighted by atomic mass is 16.5. The van der Waals surface area contributed by atoms with Crippen molar-refractivity contribution in [2.45, 2.75) is 45.1 Å². The first-order chi connectivity index (χ1) is 12.5. The number of carbonyl (C=O) groups is 1. The standard InChI is InChI=1S/C21H32N2O3/c1-16-10-12-23(13-11-16)14-15-26-19-8-6-18(7-9-19)22-20(24)21(2,25-3)17-4-5-17/h6-9,16-17H,4-5,10-15H2,1-3H3,(H,22,24)/t21-/m0/s1. The molecule has 1 saturated carbocycles. The molecule has 26 heavy (non-hydrogen) atoms. The maximum Gasteiger partial charge on any atom is 0.256 e. The van der Waals surface area contributed by atoms with Gasteiger partial charge in [-0.1, -0.05) is 6.92 Å². The van der Waals surface area contributed by atoms with Crippen LogP contribution in [0.1, 0.15) is 39.5 Å². The number of piperidine rings is 1. The fourth-order valence-electron chi connectivity index (χ4n) is 3.55. The molecule has 2 aliphatic rings. The molecule has 1 N–H and O–H groups in total. The molecule has 2 fully saturated rings. The SMILES string of the molecule is CO[C@](C)(C(=O)Nc1ccc(OCCN2CCC(C)CC2)cc1)C1CC1. The highest BCUT2D eigenvalue weighted by Crippen LogP contribution is 2.42. The number of nitrogens with zero attached hydrogens (tertiary/aromatic N) is 1. The molecule has 1 aliphatic heterocycles. The van der Waals surface area contributed by atoms with Crippen molar-refractivity contribution in [3.05, 3.63) is 24.3 Å². The molecule has 0 aromatic heterocycles. The van der Waals surface area contributed by atoms with Crippen LogP contribution >= 0.6 is 0 Å². The van der Waals surface area contributed by atoms with Gasteiger partial charge in [-0.3, -0.25) is 9.69 Å². The summed E-state index contributed by atoms with van der Waals surface area (Å²) in [6.07, 6.45) is 4.69. The lowest BCUT2D eigenvalue weighted by Crippen LogP contribution is -2.44. The molecule has 1 aromatic carbocycles. The van der Waals surface area contributed by atoms with Crippen LogP contribution in [0.25, 0.3) is 0 Å². The van der Waals surface area contributed by atoms with Crippen LogP contribution in [-0.2, 0) is 9.53 Å². The minimum absolute atomic E-state index is 0.0736. The maximum absolute atomic E-state index is 12.5. The van der Waals surface area contributed by atoms with Gasteiger partial charge in [-0.2, -0.15) is 0 Å². The van der Waals surface area contributed by atoms with Crippen molar-refractivity contribution in [2.24, 2.45) is 11.8 Å². The number of anilines is 1. The van der Waals surface area contributed by atoms with Gasteiger partial charge in [0, 0.05) is 19.3 Å². The minimum atomic E-state index is -0.735. The molecule has 1 aromatic rings. The first kappa shape index (κ1) is 19.2. The number of methoxy groups -OCH3 is 1. The number of hydrogen-bond acceptors (Lipinski definition) is 4. The Morgan fingerprint density at radius 1 is 1.19 bits per heavy atom. The minimum Gasteiger partial charge on any atom is -0.492 e. The number of hydrogen-bond donors (Lipinski definition) is 1. The van der Waals surface area contributed by atoms with Gasteiger partial charge < -0.3 is 14.8 Å². The largest absolute Gasteiger partial charge is 0.492 e. The Morgan fingerprint density at radius 3 is 2.42 bits per heavy atom. The summed E-state index contributed by atoms with van der Waals surface area (Å²) in [5.41, 5.74) is 0.0393. The summed E-state index contributed by atoms with van der Waals surface area (Å²) in [4.78, 5) is 15.0. The fourth-order valence-corrected chi connectivity index (χ4v) is 3.55. The predicted octanol–water partition coefficient (Wildman–Crippen LogP) is 3.55. The van der Waals surface area contributed by atoms with Gasteiger partial charge in [0.25, 0.3) is 5.91 Å². The third-order valence-corrected chi connectivity index (χ3v) is 5.90. The summed E-state index contributed by atoms with van der Waals surface area (Å²) < 4.78 is 11.3. The monoisotopic (exact) mass is 360 g/mol. The van der Waals surface area contributed by atoms with E-state index in [1.54, 1.807) is 7.11 Å². The van der Waals surface area contributed by atoms with Gasteiger partial charge >= 0.3 is 0 Å². The summed E-state index contributed by atoms with van der Waals surface area (Å²) in [6, 6.07) is 7.60. The van der Waals surface area contributed by atoms with Crippen molar-refractivity contribution < 1.29 is 14.3 Å². The van der Waals surface area contributed by atoms with Gasteiger partial charge in [-0.25, -0.2) is 0 Å². The van der Waals surface area contributed by atoms with Crippen molar-refractivity contribution in [3.63, 3.8) is 0 Å². The van der Waals surface area contributed by atoms with E-state index in [1.807, 2.05) is 31.2 Å². The van der Waals surface area contributed by atoms with Crippen molar-refractivity contribution in [1.29, 1.82) is 0 Å². The number of ether oxygens (including phenoxy) is 2. The first-order valence-corrected chi connectivity index (χ1v) is 9.83. The average molecular weight is 360 g/mol. The summed E-state index contributed by atoms with van der Waals surface area (Å²) in [5, 5.41) is 2.97. The number of carbonyl (C=O) groups excluding carboxylic acids is 1. The van der Waals surface area contributed by atoms with Gasteiger partial charge in [-0.05, 0) is 81.8 Å². The number of rotatable bonds is 8. The van der Waals surface area contributed by atoms with Gasteiger partial charge in [0.05, 0.1) is 0 Å².